The van der Waals surface area contributed by atoms with Gasteiger partial charge in [0.15, 0.2) is 12.6 Å². The Kier molecular flexibility index (Phi) is 25.6. The molecule has 0 spiro atoms. The van der Waals surface area contributed by atoms with E-state index in [0.29, 0.717) is 0 Å². The van der Waals surface area contributed by atoms with Gasteiger partial charge >= 0.3 is 0 Å². The third kappa shape index (κ3) is 17.9. The molecule has 233 valence electrons. The molecule has 0 bridgehead atoms. The molecule has 3 heterocycles. The number of aliphatic hydroxyl groups excluding tert-OH is 2. The van der Waals surface area contributed by atoms with Crippen molar-refractivity contribution in [2.45, 2.75) is 72.6 Å². The fraction of sp³-hybridized carbons (Fsp3) is 1.00. The van der Waals surface area contributed by atoms with Crippen molar-refractivity contribution >= 4 is 46.4 Å². The number of alkyl halides is 4. The van der Waals surface area contributed by atoms with Gasteiger partial charge in [-0.15, -0.1) is 59.5 Å². The van der Waals surface area contributed by atoms with Crippen molar-refractivity contribution in [1.29, 1.82) is 0 Å². The quantitative estimate of drug-likeness (QED) is 0.125. The van der Waals surface area contributed by atoms with Crippen molar-refractivity contribution in [2.75, 3.05) is 52.9 Å². The number of hydrazine groups is 1. The molecule has 5 rings (SSSR count). The van der Waals surface area contributed by atoms with Crippen LogP contribution in [-0.2, 0) is 17.1 Å². The van der Waals surface area contributed by atoms with E-state index in [2.05, 4.69) is 37.4 Å². The summed E-state index contributed by atoms with van der Waals surface area (Å²) in [5.74, 6) is -0.513. The van der Waals surface area contributed by atoms with Gasteiger partial charge in [0.25, 0.3) is 0 Å². The monoisotopic (exact) mass is 673 g/mol. The minimum absolute atomic E-state index is 0. The normalized spacial score (nSPS) is 32.4. The van der Waals surface area contributed by atoms with E-state index in [1.807, 2.05) is 0 Å². The predicted octanol–water partition coefficient (Wildman–Crippen LogP) is 1.85. The summed E-state index contributed by atoms with van der Waals surface area (Å²) in [4.78, 5) is 0. The molecule has 0 aromatic rings. The van der Waals surface area contributed by atoms with Crippen molar-refractivity contribution in [3.05, 3.63) is 16.0 Å². The Morgan fingerprint density at radius 1 is 0.579 bits per heavy atom. The smallest absolute Gasteiger partial charge is 0.155 e. The molecule has 6 atom stereocenters. The second kappa shape index (κ2) is 24.8. The molecule has 3 aliphatic heterocycles. The molecule has 6 unspecified atom stereocenters. The molecule has 16 heteroatoms. The Morgan fingerprint density at radius 2 is 0.974 bits per heavy atom. The van der Waals surface area contributed by atoms with Crippen LogP contribution < -0.4 is 21.5 Å². The Balaban J connectivity index is 0.000000470. The van der Waals surface area contributed by atoms with Crippen LogP contribution in [0.3, 0.4) is 0 Å². The van der Waals surface area contributed by atoms with Crippen LogP contribution in [0, 0.1) is 11.8 Å². The first-order valence-electron chi connectivity index (χ1n) is 12.8. The molecule has 2 aliphatic carbocycles. The topological polar surface area (TPSA) is 171 Å². The third-order valence-corrected chi connectivity index (χ3v) is 8.65. The number of rotatable bonds is 2. The molecular formula is C22H44Cl4CuN7O4-3. The van der Waals surface area contributed by atoms with Crippen molar-refractivity contribution < 1.29 is 37.5 Å². The zero-order valence-electron chi connectivity index (χ0n) is 21.5. The van der Waals surface area contributed by atoms with Crippen LogP contribution in [0.5, 0.6) is 0 Å². The number of hydrogen-bond donors (Lipinski definition) is 8. The summed E-state index contributed by atoms with van der Waals surface area (Å²) >= 11 is 23.5. The zero-order valence-corrected chi connectivity index (χ0v) is 25.4. The second-order valence-corrected chi connectivity index (χ2v) is 11.2. The Bertz CT molecular complexity index is 467. The van der Waals surface area contributed by atoms with Crippen LogP contribution in [-0.4, -0.2) is 107 Å². The molecule has 8 N–H and O–H groups in total. The summed E-state index contributed by atoms with van der Waals surface area (Å²) in [6.07, 6.45) is 2.49. The molecule has 5 aliphatic rings. The van der Waals surface area contributed by atoms with Crippen molar-refractivity contribution in [1.82, 2.24) is 21.5 Å². The summed E-state index contributed by atoms with van der Waals surface area (Å²) in [5.41, 5.74) is 5.61. The first-order chi connectivity index (χ1) is 17.8. The maximum absolute atomic E-state index is 8.88. The van der Waals surface area contributed by atoms with Gasteiger partial charge in [-0.2, -0.15) is 0 Å². The number of nitrogens with one attached hydrogen (secondary N) is 4. The average Bonchev–Trinajstić information content (AvgIpc) is 3.70. The maximum atomic E-state index is 8.88. The summed E-state index contributed by atoms with van der Waals surface area (Å²) in [6, 6.07) is 0. The van der Waals surface area contributed by atoms with E-state index < -0.39 is 12.6 Å². The molecular weight excluding hydrogens is 632 g/mol. The van der Waals surface area contributed by atoms with Gasteiger partial charge in [-0.3, -0.25) is 10.9 Å². The van der Waals surface area contributed by atoms with Crippen LogP contribution in [0.15, 0.2) is 0 Å². The summed E-state index contributed by atoms with van der Waals surface area (Å²) in [6.45, 7) is 7.47. The molecule has 0 aromatic heterocycles. The average molecular weight is 676 g/mol. The number of aliphatic hydroxyl groups is 4. The summed E-state index contributed by atoms with van der Waals surface area (Å²) in [5, 5.41) is 52.6. The van der Waals surface area contributed by atoms with E-state index in [1.165, 1.54) is 0 Å². The standard InChI is InChI=1S/2C7H12Cl2O2.2C3H7N2.C2H6N3.Cu/c2*8-5-3-1-2-4(6(5)9)7(10)11;2*1-2-5-3-4-1;1-3-2-5-4-1;/h2*4-7,10-11H,1-3H2;2*4H,1-3H2;4-5H,1-2H2;/q;;3*-1;. The fourth-order valence-electron chi connectivity index (χ4n) is 3.97. The van der Waals surface area contributed by atoms with Crippen LogP contribution in [0.4, 0.5) is 0 Å². The van der Waals surface area contributed by atoms with Crippen molar-refractivity contribution in [3.63, 3.8) is 0 Å². The second-order valence-electron chi connectivity index (χ2n) is 9.04. The first-order valence-corrected chi connectivity index (χ1v) is 14.6. The minimum atomic E-state index is -1.32. The van der Waals surface area contributed by atoms with Gasteiger partial charge in [0.05, 0.1) is 21.5 Å². The predicted molar refractivity (Wildman–Crippen MR) is 151 cm³/mol. The van der Waals surface area contributed by atoms with E-state index >= 15 is 0 Å². The zero-order chi connectivity index (χ0) is 27.5. The fourth-order valence-corrected chi connectivity index (χ4v) is 5.41. The van der Waals surface area contributed by atoms with Crippen LogP contribution in [0.1, 0.15) is 38.5 Å². The van der Waals surface area contributed by atoms with Gasteiger partial charge in [0, 0.05) is 28.9 Å². The van der Waals surface area contributed by atoms with Gasteiger partial charge in [-0.25, -0.2) is 0 Å². The first kappa shape index (κ1) is 39.2. The summed E-state index contributed by atoms with van der Waals surface area (Å²) in [7, 11) is 0. The van der Waals surface area contributed by atoms with Crippen molar-refractivity contribution in [2.24, 2.45) is 11.8 Å². The molecule has 0 amide bonds. The molecule has 0 aromatic carbocycles. The maximum Gasteiger partial charge on any atom is 0.155 e. The minimum Gasteiger partial charge on any atom is -0.649 e. The van der Waals surface area contributed by atoms with Gasteiger partial charge in [0.1, 0.15) is 0 Å². The van der Waals surface area contributed by atoms with Gasteiger partial charge in [-0.1, -0.05) is 39.5 Å². The summed E-state index contributed by atoms with van der Waals surface area (Å²) < 4.78 is 0. The molecule has 2 saturated carbocycles. The van der Waals surface area contributed by atoms with E-state index in [-0.39, 0.29) is 50.4 Å². The van der Waals surface area contributed by atoms with Crippen LogP contribution in [0.25, 0.3) is 16.0 Å². The molecule has 5 fully saturated rings. The van der Waals surface area contributed by atoms with E-state index in [9.17, 15) is 0 Å². The van der Waals surface area contributed by atoms with Crippen LogP contribution >= 0.6 is 46.4 Å². The number of nitrogens with zero attached hydrogens (tertiary/aromatic N) is 3. The molecule has 1 radical (unpaired) electrons. The molecule has 3 saturated heterocycles. The number of hydrogen-bond acceptors (Lipinski definition) is 8. The van der Waals surface area contributed by atoms with Crippen LogP contribution in [0.2, 0.25) is 0 Å². The SMILES string of the molecule is C1CNC[N-]1.C1CNC[N-]1.C1[N-]CNN1.OC(O)C1CCCC(Cl)C1Cl.OC(O)C1CCCC(Cl)C1Cl.[Cu]. The van der Waals surface area contributed by atoms with Gasteiger partial charge in [-0.05, 0) is 38.8 Å². The third-order valence-electron chi connectivity index (χ3n) is 6.16. The Labute approximate surface area is 257 Å². The van der Waals surface area contributed by atoms with Crippen molar-refractivity contribution in [3.8, 4) is 0 Å². The Morgan fingerprint density at radius 3 is 1.16 bits per heavy atom. The van der Waals surface area contributed by atoms with E-state index in [4.69, 9.17) is 66.8 Å². The van der Waals surface area contributed by atoms with E-state index in [1.54, 1.807) is 0 Å². The van der Waals surface area contributed by atoms with E-state index in [0.717, 1.165) is 91.4 Å². The molecule has 38 heavy (non-hydrogen) atoms. The number of halogens is 4. The van der Waals surface area contributed by atoms with Gasteiger partial charge in [0.2, 0.25) is 0 Å². The molecule has 11 nitrogen and oxygen atoms in total. The van der Waals surface area contributed by atoms with Gasteiger partial charge < -0.3 is 47.0 Å². The Hall–Kier alpha value is 1.24. The largest absolute Gasteiger partial charge is 0.649 e.